The van der Waals surface area contributed by atoms with E-state index in [4.69, 9.17) is 21.7 Å². The Morgan fingerprint density at radius 1 is 1.32 bits per heavy atom. The Kier molecular flexibility index (Phi) is 7.85. The lowest BCUT2D eigenvalue weighted by Gasteiger charge is -2.12. The lowest BCUT2D eigenvalue weighted by atomic mass is 10.2. The molecule has 0 rings (SSSR count). The van der Waals surface area contributed by atoms with E-state index in [-0.39, 0.29) is 25.3 Å². The van der Waals surface area contributed by atoms with E-state index in [2.05, 4.69) is 10.3 Å². The molecule has 0 aromatic heterocycles. The van der Waals surface area contributed by atoms with E-state index in [9.17, 15) is 14.4 Å². The van der Waals surface area contributed by atoms with Gasteiger partial charge in [-0.2, -0.15) is 0 Å². The van der Waals surface area contributed by atoms with Gasteiger partial charge in [0.15, 0.2) is 5.96 Å². The molecule has 7 N–H and O–H groups in total. The average Bonchev–Trinajstić information content (AvgIpc) is 2.33. The number of carboxylic acid groups (broad SMARTS) is 2. The van der Waals surface area contributed by atoms with Crippen LogP contribution in [0.3, 0.4) is 0 Å². The van der Waals surface area contributed by atoms with Crippen LogP contribution in [-0.4, -0.2) is 53.0 Å². The Hall–Kier alpha value is -2.16. The van der Waals surface area contributed by atoms with Gasteiger partial charge in [-0.15, -0.1) is 0 Å². The van der Waals surface area contributed by atoms with Crippen molar-refractivity contribution in [2.75, 3.05) is 6.54 Å². The average molecular weight is 274 g/mol. The SMILES string of the molecule is NC(=NCCC[C@H](N)C(=O)O)N[C@@H](CC=O)C(=O)O. The molecule has 0 amide bonds. The molecule has 0 saturated carbocycles. The number of carboxylic acids is 2. The van der Waals surface area contributed by atoms with Crippen LogP contribution in [0.4, 0.5) is 0 Å². The molecule has 19 heavy (non-hydrogen) atoms. The first kappa shape index (κ1) is 16.8. The lowest BCUT2D eigenvalue weighted by Crippen LogP contribution is -2.45. The number of guanidine groups is 1. The second-order valence-electron chi connectivity index (χ2n) is 3.79. The molecule has 0 aromatic carbocycles. The van der Waals surface area contributed by atoms with Crippen molar-refractivity contribution in [1.82, 2.24) is 5.32 Å². The monoisotopic (exact) mass is 274 g/mol. The minimum Gasteiger partial charge on any atom is -0.480 e. The summed E-state index contributed by atoms with van der Waals surface area (Å²) in [6.07, 6.45) is 0.879. The van der Waals surface area contributed by atoms with E-state index in [0.29, 0.717) is 12.7 Å². The third-order valence-corrected chi connectivity index (χ3v) is 2.22. The predicted octanol–water partition coefficient (Wildman–Crippen LogP) is -1.87. The molecular weight excluding hydrogens is 256 g/mol. The van der Waals surface area contributed by atoms with Gasteiger partial charge in [-0.3, -0.25) is 9.79 Å². The van der Waals surface area contributed by atoms with E-state index < -0.39 is 24.0 Å². The summed E-state index contributed by atoms with van der Waals surface area (Å²) in [5, 5.41) is 19.7. The molecule has 0 spiro atoms. The first-order valence-corrected chi connectivity index (χ1v) is 5.59. The van der Waals surface area contributed by atoms with E-state index >= 15 is 0 Å². The summed E-state index contributed by atoms with van der Waals surface area (Å²) in [6, 6.07) is -2.08. The number of carbonyl (C=O) groups is 3. The number of aliphatic carboxylic acids is 2. The van der Waals surface area contributed by atoms with Crippen molar-refractivity contribution in [3.05, 3.63) is 0 Å². The van der Waals surface area contributed by atoms with E-state index in [0.717, 1.165) is 0 Å². The first-order chi connectivity index (χ1) is 8.88. The van der Waals surface area contributed by atoms with Crippen molar-refractivity contribution in [2.45, 2.75) is 31.3 Å². The highest BCUT2D eigenvalue weighted by atomic mass is 16.4. The predicted molar refractivity (Wildman–Crippen MR) is 66.6 cm³/mol. The molecule has 0 saturated heterocycles. The van der Waals surface area contributed by atoms with Crippen LogP contribution in [0.25, 0.3) is 0 Å². The van der Waals surface area contributed by atoms with Gasteiger partial charge in [0.25, 0.3) is 0 Å². The first-order valence-electron chi connectivity index (χ1n) is 5.59. The van der Waals surface area contributed by atoms with Gasteiger partial charge in [-0.1, -0.05) is 0 Å². The fraction of sp³-hybridized carbons (Fsp3) is 0.600. The van der Waals surface area contributed by atoms with Gasteiger partial charge in [0.2, 0.25) is 0 Å². The van der Waals surface area contributed by atoms with Gasteiger partial charge in [-0.25, -0.2) is 4.79 Å². The summed E-state index contributed by atoms with van der Waals surface area (Å²) < 4.78 is 0. The molecule has 0 aliphatic rings. The number of hydrogen-bond donors (Lipinski definition) is 5. The molecular formula is C10H18N4O5. The molecule has 0 aliphatic carbocycles. The summed E-state index contributed by atoms with van der Waals surface area (Å²) in [5.41, 5.74) is 10.7. The molecule has 0 bridgehead atoms. The quantitative estimate of drug-likeness (QED) is 0.141. The Bertz CT molecular complexity index is 358. The molecule has 2 atom stereocenters. The molecule has 0 heterocycles. The minimum absolute atomic E-state index is 0.113. The number of nitrogens with one attached hydrogen (secondary N) is 1. The van der Waals surface area contributed by atoms with Gasteiger partial charge in [0, 0.05) is 13.0 Å². The fourth-order valence-electron chi connectivity index (χ4n) is 1.18. The molecule has 0 fully saturated rings. The number of nitrogens with zero attached hydrogens (tertiary/aromatic N) is 1. The van der Waals surface area contributed by atoms with Gasteiger partial charge >= 0.3 is 11.9 Å². The van der Waals surface area contributed by atoms with Crippen LogP contribution >= 0.6 is 0 Å². The molecule has 0 aromatic rings. The number of nitrogens with two attached hydrogens (primary N) is 2. The lowest BCUT2D eigenvalue weighted by molar-refractivity contribution is -0.140. The highest BCUT2D eigenvalue weighted by Crippen LogP contribution is 1.95. The Balaban J connectivity index is 4.08. The van der Waals surface area contributed by atoms with Gasteiger partial charge < -0.3 is 31.8 Å². The molecule has 0 aliphatic heterocycles. The topological polar surface area (TPSA) is 168 Å². The summed E-state index contributed by atoms with van der Waals surface area (Å²) >= 11 is 0. The van der Waals surface area contributed by atoms with Crippen LogP contribution in [0.2, 0.25) is 0 Å². The van der Waals surface area contributed by atoms with E-state index in [1.165, 1.54) is 0 Å². The van der Waals surface area contributed by atoms with Gasteiger partial charge in [0.05, 0.1) is 0 Å². The van der Waals surface area contributed by atoms with Crippen LogP contribution < -0.4 is 16.8 Å². The molecule has 9 heteroatoms. The maximum atomic E-state index is 10.7. The number of carbonyl (C=O) groups excluding carboxylic acids is 1. The van der Waals surface area contributed by atoms with Crippen molar-refractivity contribution >= 4 is 24.2 Å². The number of hydrogen-bond acceptors (Lipinski definition) is 5. The highest BCUT2D eigenvalue weighted by Gasteiger charge is 2.16. The number of aliphatic imine (C=N–C) groups is 1. The van der Waals surface area contributed by atoms with Crippen LogP contribution in [0.5, 0.6) is 0 Å². The van der Waals surface area contributed by atoms with Crippen molar-refractivity contribution in [3.8, 4) is 0 Å². The van der Waals surface area contributed by atoms with Crippen molar-refractivity contribution in [2.24, 2.45) is 16.5 Å². The van der Waals surface area contributed by atoms with E-state index in [1.54, 1.807) is 0 Å². The third kappa shape index (κ3) is 7.71. The number of aldehydes is 1. The zero-order chi connectivity index (χ0) is 14.8. The number of rotatable bonds is 9. The maximum absolute atomic E-state index is 10.7. The fourth-order valence-corrected chi connectivity index (χ4v) is 1.18. The summed E-state index contributed by atoms with van der Waals surface area (Å²) in [4.78, 5) is 35.2. The molecule has 9 nitrogen and oxygen atoms in total. The van der Waals surface area contributed by atoms with Crippen LogP contribution in [0, 0.1) is 0 Å². The molecule has 0 unspecified atom stereocenters. The van der Waals surface area contributed by atoms with Crippen LogP contribution in [0.1, 0.15) is 19.3 Å². The van der Waals surface area contributed by atoms with Gasteiger partial charge in [-0.05, 0) is 12.8 Å². The second-order valence-corrected chi connectivity index (χ2v) is 3.79. The zero-order valence-electron chi connectivity index (χ0n) is 10.3. The molecule has 108 valence electrons. The Morgan fingerprint density at radius 2 is 1.95 bits per heavy atom. The van der Waals surface area contributed by atoms with Crippen molar-refractivity contribution in [1.29, 1.82) is 0 Å². The van der Waals surface area contributed by atoms with Crippen LogP contribution in [-0.2, 0) is 14.4 Å². The summed E-state index contributed by atoms with van der Waals surface area (Å²) in [7, 11) is 0. The van der Waals surface area contributed by atoms with Crippen LogP contribution in [0.15, 0.2) is 4.99 Å². The zero-order valence-corrected chi connectivity index (χ0v) is 10.3. The standard InChI is InChI=1S/C10H18N4O5/c11-6(8(16)17)2-1-4-13-10(12)14-7(3-5-15)9(18)19/h5-7H,1-4,11H2,(H,16,17)(H,18,19)(H3,12,13,14)/t6-,7-/m0/s1. The largest absolute Gasteiger partial charge is 0.480 e. The van der Waals surface area contributed by atoms with Crippen molar-refractivity contribution < 1.29 is 24.6 Å². The molecule has 0 radical (unpaired) electrons. The summed E-state index contributed by atoms with van der Waals surface area (Å²) in [5.74, 6) is -2.41. The highest BCUT2D eigenvalue weighted by molar-refractivity contribution is 5.86. The van der Waals surface area contributed by atoms with E-state index in [1.807, 2.05) is 0 Å². The smallest absolute Gasteiger partial charge is 0.326 e. The third-order valence-electron chi connectivity index (χ3n) is 2.22. The van der Waals surface area contributed by atoms with Gasteiger partial charge in [0.1, 0.15) is 18.4 Å². The maximum Gasteiger partial charge on any atom is 0.326 e. The normalized spacial score (nSPS) is 14.5. The minimum atomic E-state index is -1.21. The summed E-state index contributed by atoms with van der Waals surface area (Å²) in [6.45, 7) is 0.216. The van der Waals surface area contributed by atoms with Crippen molar-refractivity contribution in [3.63, 3.8) is 0 Å². The Labute approximate surface area is 109 Å². The Morgan fingerprint density at radius 3 is 2.42 bits per heavy atom. The second kappa shape index (κ2) is 8.86.